The molecule has 0 unspecified atom stereocenters. The van der Waals surface area contributed by atoms with Gasteiger partial charge in [-0.2, -0.15) is 0 Å². The number of benzene rings is 3. The minimum Gasteiger partial charge on any atom is -0.507 e. The van der Waals surface area contributed by atoms with Crippen LogP contribution >= 0.6 is 23.2 Å². The van der Waals surface area contributed by atoms with Crippen molar-refractivity contribution in [2.24, 2.45) is 0 Å². The fraction of sp³-hybridized carbons (Fsp3) is 0.333. The van der Waals surface area contributed by atoms with Gasteiger partial charge in [-0.25, -0.2) is 0 Å². The Kier molecular flexibility index (Phi) is 7.08. The van der Waals surface area contributed by atoms with E-state index >= 15 is 0 Å². The molecule has 3 aromatic carbocycles. The molecule has 0 aliphatic heterocycles. The highest BCUT2D eigenvalue weighted by Crippen LogP contribution is 2.40. The number of aromatic nitrogens is 2. The van der Waals surface area contributed by atoms with Crippen molar-refractivity contribution < 1.29 is 9.90 Å². The summed E-state index contributed by atoms with van der Waals surface area (Å²) in [6, 6.07) is 16.7. The molecule has 194 valence electrons. The molecule has 5 nitrogen and oxygen atoms in total. The van der Waals surface area contributed by atoms with Crippen LogP contribution in [0.4, 0.5) is 0 Å². The lowest BCUT2D eigenvalue weighted by Gasteiger charge is -2.28. The van der Waals surface area contributed by atoms with Crippen molar-refractivity contribution in [3.05, 3.63) is 92.5 Å². The summed E-state index contributed by atoms with van der Waals surface area (Å²) in [6.45, 7) is 12.6. The number of carbonyl (C=O) groups is 1. The highest BCUT2D eigenvalue weighted by molar-refractivity contribution is 6.42. The normalized spacial score (nSPS) is 12.3. The average molecular weight is 539 g/mol. The van der Waals surface area contributed by atoms with E-state index in [1.165, 1.54) is 0 Å². The van der Waals surface area contributed by atoms with Gasteiger partial charge < -0.3 is 14.2 Å². The zero-order chi connectivity index (χ0) is 27.3. The molecule has 4 rings (SSSR count). The van der Waals surface area contributed by atoms with Gasteiger partial charge in [0.15, 0.2) is 5.78 Å². The Balaban J connectivity index is 1.79. The summed E-state index contributed by atoms with van der Waals surface area (Å²) in [5, 5.41) is 21.0. The lowest BCUT2D eigenvalue weighted by molar-refractivity contribution is 0.0971. The maximum Gasteiger partial charge on any atom is 0.203 e. The molecule has 0 spiro atoms. The second-order valence-corrected chi connectivity index (χ2v) is 12.4. The van der Waals surface area contributed by atoms with Gasteiger partial charge in [-0.3, -0.25) is 10.2 Å². The molecule has 0 bridgehead atoms. The Morgan fingerprint density at radius 3 is 1.89 bits per heavy atom. The molecule has 0 aliphatic rings. The summed E-state index contributed by atoms with van der Waals surface area (Å²) in [5.41, 5.74) is 4.09. The second kappa shape index (κ2) is 9.70. The van der Waals surface area contributed by atoms with Crippen molar-refractivity contribution in [2.75, 3.05) is 0 Å². The fourth-order valence-electron chi connectivity index (χ4n) is 4.61. The number of phenols is 1. The smallest absolute Gasteiger partial charge is 0.203 e. The zero-order valence-corrected chi connectivity index (χ0v) is 23.6. The predicted octanol–water partition coefficient (Wildman–Crippen LogP) is 7.46. The molecule has 1 heterocycles. The third-order valence-corrected chi connectivity index (χ3v) is 7.39. The van der Waals surface area contributed by atoms with Gasteiger partial charge in [0.25, 0.3) is 0 Å². The van der Waals surface area contributed by atoms with E-state index in [9.17, 15) is 9.90 Å². The van der Waals surface area contributed by atoms with Gasteiger partial charge >= 0.3 is 0 Å². The van der Waals surface area contributed by atoms with Crippen LogP contribution in [0.15, 0.2) is 54.6 Å². The van der Waals surface area contributed by atoms with Crippen LogP contribution in [0.2, 0.25) is 10.0 Å². The van der Waals surface area contributed by atoms with Crippen LogP contribution in [0, 0.1) is 5.41 Å². The van der Waals surface area contributed by atoms with Gasteiger partial charge in [-0.1, -0.05) is 82.9 Å². The minimum atomic E-state index is -0.343. The van der Waals surface area contributed by atoms with Gasteiger partial charge in [0.05, 0.1) is 34.2 Å². The van der Waals surface area contributed by atoms with Crippen LogP contribution < -0.4 is 5.62 Å². The number of nitrogens with one attached hydrogen (secondary N) is 1. The van der Waals surface area contributed by atoms with E-state index in [0.29, 0.717) is 22.2 Å². The SMILES string of the molecule is CC(C)(C)c1cc(C(=O)Cn2c(=N)n(Cc3ccc(Cl)c(Cl)c3)c3ccccc32)cc(C(C)(C)C)c1O. The number of halogens is 2. The molecular formula is C30H33Cl2N3O2. The molecular weight excluding hydrogens is 505 g/mol. The van der Waals surface area contributed by atoms with Crippen LogP contribution in [0.3, 0.4) is 0 Å². The monoisotopic (exact) mass is 537 g/mol. The van der Waals surface area contributed by atoms with Crippen molar-refractivity contribution >= 4 is 40.0 Å². The van der Waals surface area contributed by atoms with E-state index in [4.69, 9.17) is 28.6 Å². The Morgan fingerprint density at radius 2 is 1.38 bits per heavy atom. The highest BCUT2D eigenvalue weighted by Gasteiger charge is 2.28. The number of hydrogen-bond donors (Lipinski definition) is 2. The summed E-state index contributed by atoms with van der Waals surface area (Å²) in [5.74, 6) is 0.121. The number of phenolic OH excluding ortho intramolecular Hbond substituents is 1. The fourth-order valence-corrected chi connectivity index (χ4v) is 4.93. The summed E-state index contributed by atoms with van der Waals surface area (Å²) in [7, 11) is 0. The van der Waals surface area contributed by atoms with Crippen LogP contribution in [0.5, 0.6) is 5.75 Å². The van der Waals surface area contributed by atoms with E-state index in [0.717, 1.165) is 27.7 Å². The lowest BCUT2D eigenvalue weighted by Crippen LogP contribution is -2.28. The van der Waals surface area contributed by atoms with E-state index in [1.807, 2.05) is 76.4 Å². The van der Waals surface area contributed by atoms with E-state index in [-0.39, 0.29) is 34.5 Å². The van der Waals surface area contributed by atoms with Gasteiger partial charge in [0.2, 0.25) is 5.62 Å². The molecule has 0 aliphatic carbocycles. The van der Waals surface area contributed by atoms with Crippen LogP contribution in [0.1, 0.15) is 68.6 Å². The van der Waals surface area contributed by atoms with Crippen molar-refractivity contribution in [3.63, 3.8) is 0 Å². The first-order chi connectivity index (χ1) is 17.2. The third kappa shape index (κ3) is 5.34. The predicted molar refractivity (Wildman–Crippen MR) is 151 cm³/mol. The molecule has 37 heavy (non-hydrogen) atoms. The molecule has 0 radical (unpaired) electrons. The topological polar surface area (TPSA) is 71.0 Å². The number of aromatic hydroxyl groups is 1. The van der Waals surface area contributed by atoms with Crippen molar-refractivity contribution in [1.29, 1.82) is 5.41 Å². The summed E-state index contributed by atoms with van der Waals surface area (Å²) in [6.07, 6.45) is 0. The zero-order valence-electron chi connectivity index (χ0n) is 22.1. The largest absolute Gasteiger partial charge is 0.507 e. The van der Waals surface area contributed by atoms with E-state index in [2.05, 4.69) is 0 Å². The number of ketones is 1. The van der Waals surface area contributed by atoms with Crippen LogP contribution in [-0.2, 0) is 23.9 Å². The lowest BCUT2D eigenvalue weighted by atomic mass is 9.78. The Bertz CT molecular complexity index is 1530. The van der Waals surface area contributed by atoms with Crippen LogP contribution in [-0.4, -0.2) is 20.0 Å². The number of imidazole rings is 1. The third-order valence-electron chi connectivity index (χ3n) is 6.65. The molecule has 2 N–H and O–H groups in total. The molecule has 7 heteroatoms. The van der Waals surface area contributed by atoms with Crippen LogP contribution in [0.25, 0.3) is 11.0 Å². The molecule has 1 aromatic heterocycles. The number of nitrogens with zero attached hydrogens (tertiary/aromatic N) is 2. The van der Waals surface area contributed by atoms with Crippen molar-refractivity contribution in [3.8, 4) is 5.75 Å². The van der Waals surface area contributed by atoms with Gasteiger partial charge in [-0.05, 0) is 52.8 Å². The first kappa shape index (κ1) is 27.0. The molecule has 0 fully saturated rings. The number of fused-ring (bicyclic) bond motifs is 1. The summed E-state index contributed by atoms with van der Waals surface area (Å²) < 4.78 is 3.59. The first-order valence-electron chi connectivity index (χ1n) is 12.3. The maximum atomic E-state index is 13.7. The van der Waals surface area contributed by atoms with Gasteiger partial charge in [0, 0.05) is 16.7 Å². The molecule has 0 saturated heterocycles. The Hall–Kier alpha value is -3.02. The molecule has 4 aromatic rings. The Labute approximate surface area is 227 Å². The first-order valence-corrected chi connectivity index (χ1v) is 13.0. The number of rotatable bonds is 5. The minimum absolute atomic E-state index is 0.00562. The number of para-hydroxylation sites is 2. The van der Waals surface area contributed by atoms with Gasteiger partial charge in [-0.15, -0.1) is 0 Å². The van der Waals surface area contributed by atoms with Crippen molar-refractivity contribution in [1.82, 2.24) is 9.13 Å². The maximum absolute atomic E-state index is 13.7. The van der Waals surface area contributed by atoms with Crippen molar-refractivity contribution in [2.45, 2.75) is 65.5 Å². The standard InChI is InChI=1S/C30H33Cl2N3O2/c1-29(2,3)20-14-19(15-21(27(20)37)30(4,5)6)26(36)17-35-25-10-8-7-9-24(25)34(28(35)33)16-18-11-12-22(31)23(32)13-18/h7-15,33,37H,16-17H2,1-6H3. The molecule has 0 saturated carbocycles. The quantitative estimate of drug-likeness (QED) is 0.259. The molecule has 0 atom stereocenters. The number of Topliss-reactive ketones (excluding diaryl/α,β-unsaturated/α-hetero) is 1. The number of carbonyl (C=O) groups excluding carboxylic acids is 1. The average Bonchev–Trinajstić information content (AvgIpc) is 3.06. The summed E-state index contributed by atoms with van der Waals surface area (Å²) in [4.78, 5) is 13.7. The van der Waals surface area contributed by atoms with Gasteiger partial charge in [0.1, 0.15) is 5.75 Å². The second-order valence-electron chi connectivity index (χ2n) is 11.6. The number of hydrogen-bond acceptors (Lipinski definition) is 3. The van der Waals surface area contributed by atoms with E-state index in [1.54, 1.807) is 28.8 Å². The Morgan fingerprint density at radius 1 is 0.838 bits per heavy atom. The highest BCUT2D eigenvalue weighted by atomic mass is 35.5. The van der Waals surface area contributed by atoms with E-state index < -0.39 is 0 Å². The summed E-state index contributed by atoms with van der Waals surface area (Å²) >= 11 is 12.3. The molecule has 0 amide bonds.